The highest BCUT2D eigenvalue weighted by Crippen LogP contribution is 2.04. The Morgan fingerprint density at radius 1 is 1.33 bits per heavy atom. The Morgan fingerprint density at radius 2 is 2.08 bits per heavy atom. The molecule has 1 aliphatic rings. The second kappa shape index (κ2) is 6.14. The van der Waals surface area contributed by atoms with Gasteiger partial charge in [0, 0.05) is 26.0 Å². The molecule has 0 aromatic heterocycles. The first kappa shape index (κ1) is 11.6. The molecule has 2 N–H and O–H groups in total. The van der Waals surface area contributed by atoms with Crippen molar-refractivity contribution in [1.29, 1.82) is 0 Å². The highest BCUT2D eigenvalue weighted by Gasteiger charge is 2.06. The fourth-order valence-electron chi connectivity index (χ4n) is 1.19. The number of hydrogen-bond donors (Lipinski definition) is 1. The minimum atomic E-state index is 0. The number of rotatable bonds is 4. The van der Waals surface area contributed by atoms with Crippen molar-refractivity contribution in [3.8, 4) is 0 Å². The molecule has 3 nitrogen and oxygen atoms in total. The summed E-state index contributed by atoms with van der Waals surface area (Å²) in [5.74, 6) is 0. The molecule has 0 spiro atoms. The maximum atomic E-state index is 5.39. The fraction of sp³-hybridized carbons (Fsp3) is 0.750. The minimum Gasteiger partial charge on any atom is -0.362 e. The van der Waals surface area contributed by atoms with Gasteiger partial charge in [0.05, 0.1) is 6.67 Å². The average molecular weight is 192 g/mol. The topological polar surface area (TPSA) is 32.5 Å². The molecule has 0 aromatic rings. The average Bonchev–Trinajstić information content (AvgIpc) is 2.37. The van der Waals surface area contributed by atoms with Crippen LogP contribution in [0.25, 0.3) is 0 Å². The maximum absolute atomic E-state index is 5.39. The predicted octanol–water partition coefficient (Wildman–Crippen LogP) is 0.823. The van der Waals surface area contributed by atoms with Gasteiger partial charge in [0.1, 0.15) is 0 Å². The van der Waals surface area contributed by atoms with Gasteiger partial charge in [-0.15, -0.1) is 12.4 Å². The van der Waals surface area contributed by atoms with Crippen LogP contribution in [-0.2, 0) is 0 Å². The summed E-state index contributed by atoms with van der Waals surface area (Å²) in [6, 6.07) is 0. The van der Waals surface area contributed by atoms with Crippen LogP contribution in [0.1, 0.15) is 12.8 Å². The van der Waals surface area contributed by atoms with E-state index in [9.17, 15) is 0 Å². The van der Waals surface area contributed by atoms with Gasteiger partial charge in [-0.05, 0) is 19.4 Å². The van der Waals surface area contributed by atoms with E-state index in [0.717, 1.165) is 26.2 Å². The van der Waals surface area contributed by atoms with Gasteiger partial charge in [0.15, 0.2) is 0 Å². The summed E-state index contributed by atoms with van der Waals surface area (Å²) in [5.41, 5.74) is 5.39. The van der Waals surface area contributed by atoms with Crippen molar-refractivity contribution in [1.82, 2.24) is 9.80 Å². The van der Waals surface area contributed by atoms with E-state index in [2.05, 4.69) is 29.2 Å². The maximum Gasteiger partial charge on any atom is 0.0890 e. The van der Waals surface area contributed by atoms with Crippen molar-refractivity contribution in [3.63, 3.8) is 0 Å². The lowest BCUT2D eigenvalue weighted by molar-refractivity contribution is 0.292. The van der Waals surface area contributed by atoms with Crippen molar-refractivity contribution < 1.29 is 0 Å². The monoisotopic (exact) mass is 191 g/mol. The molecular formula is C8H18ClN3. The van der Waals surface area contributed by atoms with Gasteiger partial charge in [-0.3, -0.25) is 0 Å². The number of halogens is 1. The Kier molecular flexibility index (Phi) is 5.93. The van der Waals surface area contributed by atoms with E-state index in [1.165, 1.54) is 6.42 Å². The Morgan fingerprint density at radius 3 is 2.58 bits per heavy atom. The molecule has 0 amide bonds. The zero-order valence-electron chi connectivity index (χ0n) is 7.57. The minimum absolute atomic E-state index is 0. The molecule has 72 valence electrons. The molecule has 0 saturated heterocycles. The molecule has 0 aromatic carbocycles. The van der Waals surface area contributed by atoms with Gasteiger partial charge in [-0.25, -0.2) is 0 Å². The second-order valence-corrected chi connectivity index (χ2v) is 3.00. The van der Waals surface area contributed by atoms with Crippen LogP contribution in [0.2, 0.25) is 0 Å². The van der Waals surface area contributed by atoms with E-state index in [0.29, 0.717) is 0 Å². The van der Waals surface area contributed by atoms with Crippen LogP contribution in [-0.4, -0.2) is 36.6 Å². The van der Waals surface area contributed by atoms with E-state index < -0.39 is 0 Å². The fourth-order valence-corrected chi connectivity index (χ4v) is 1.19. The van der Waals surface area contributed by atoms with Crippen LogP contribution < -0.4 is 5.73 Å². The Bertz CT molecular complexity index is 138. The molecule has 0 unspecified atom stereocenters. The summed E-state index contributed by atoms with van der Waals surface area (Å²) in [6.07, 6.45) is 6.57. The molecule has 12 heavy (non-hydrogen) atoms. The van der Waals surface area contributed by atoms with Crippen LogP contribution in [0, 0.1) is 0 Å². The van der Waals surface area contributed by atoms with E-state index in [1.54, 1.807) is 0 Å². The first-order valence-electron chi connectivity index (χ1n) is 4.15. The molecule has 1 heterocycles. The van der Waals surface area contributed by atoms with Crippen molar-refractivity contribution >= 4 is 12.4 Å². The lowest BCUT2D eigenvalue weighted by Crippen LogP contribution is -2.23. The number of hydrogen-bond acceptors (Lipinski definition) is 3. The molecular weight excluding hydrogens is 174 g/mol. The Balaban J connectivity index is 0.00000121. The van der Waals surface area contributed by atoms with Crippen LogP contribution in [0.4, 0.5) is 0 Å². The summed E-state index contributed by atoms with van der Waals surface area (Å²) in [5, 5.41) is 0. The Hall–Kier alpha value is -0.410. The summed E-state index contributed by atoms with van der Waals surface area (Å²) >= 11 is 0. The second-order valence-electron chi connectivity index (χ2n) is 3.00. The lowest BCUT2D eigenvalue weighted by Gasteiger charge is -2.17. The zero-order chi connectivity index (χ0) is 8.10. The summed E-state index contributed by atoms with van der Waals surface area (Å²) in [7, 11) is 2.08. The van der Waals surface area contributed by atoms with Crippen LogP contribution in [0.15, 0.2) is 12.4 Å². The molecule has 0 fully saturated rings. The smallest absolute Gasteiger partial charge is 0.0890 e. The van der Waals surface area contributed by atoms with Gasteiger partial charge in [-0.2, -0.15) is 0 Å². The summed E-state index contributed by atoms with van der Waals surface area (Å²) < 4.78 is 0. The van der Waals surface area contributed by atoms with Crippen LogP contribution in [0.5, 0.6) is 0 Å². The number of unbranched alkanes of at least 4 members (excludes halogenated alkanes) is 1. The standard InChI is InChI=1S/C8H17N3.ClH/c1-10-6-7-11(8-10)5-3-2-4-9;/h6-7H,2-5,8-9H2,1H3;1H. The van der Waals surface area contributed by atoms with Crippen LogP contribution >= 0.6 is 12.4 Å². The molecule has 1 aliphatic heterocycles. The third-order valence-corrected chi connectivity index (χ3v) is 1.84. The van der Waals surface area contributed by atoms with Crippen molar-refractivity contribution in [2.75, 3.05) is 26.8 Å². The first-order chi connectivity index (χ1) is 5.33. The molecule has 1 rings (SSSR count). The van der Waals surface area contributed by atoms with Crippen molar-refractivity contribution in [3.05, 3.63) is 12.4 Å². The zero-order valence-corrected chi connectivity index (χ0v) is 8.39. The quantitative estimate of drug-likeness (QED) is 0.669. The third kappa shape index (κ3) is 3.83. The van der Waals surface area contributed by atoms with E-state index in [-0.39, 0.29) is 12.4 Å². The largest absolute Gasteiger partial charge is 0.362 e. The molecule has 0 aliphatic carbocycles. The number of nitrogens with two attached hydrogens (primary N) is 1. The third-order valence-electron chi connectivity index (χ3n) is 1.84. The van der Waals surface area contributed by atoms with Crippen molar-refractivity contribution in [2.24, 2.45) is 5.73 Å². The lowest BCUT2D eigenvalue weighted by atomic mass is 10.3. The summed E-state index contributed by atoms with van der Waals surface area (Å²) in [4.78, 5) is 4.47. The molecule has 4 heteroatoms. The van der Waals surface area contributed by atoms with Gasteiger partial charge in [-0.1, -0.05) is 0 Å². The van der Waals surface area contributed by atoms with Gasteiger partial charge >= 0.3 is 0 Å². The van der Waals surface area contributed by atoms with Crippen LogP contribution in [0.3, 0.4) is 0 Å². The Labute approximate surface area is 80.6 Å². The highest BCUT2D eigenvalue weighted by molar-refractivity contribution is 5.85. The normalized spacial score (nSPS) is 15.2. The van der Waals surface area contributed by atoms with Gasteiger partial charge in [0.2, 0.25) is 0 Å². The molecule has 0 atom stereocenters. The van der Waals surface area contributed by atoms with Crippen molar-refractivity contribution in [2.45, 2.75) is 12.8 Å². The molecule has 0 bridgehead atoms. The molecule has 0 radical (unpaired) electrons. The molecule has 0 saturated carbocycles. The van der Waals surface area contributed by atoms with E-state index in [4.69, 9.17) is 5.73 Å². The highest BCUT2D eigenvalue weighted by atomic mass is 35.5. The first-order valence-corrected chi connectivity index (χ1v) is 4.15. The summed E-state index contributed by atoms with van der Waals surface area (Å²) in [6.45, 7) is 2.98. The predicted molar refractivity (Wildman–Crippen MR) is 54.0 cm³/mol. The van der Waals surface area contributed by atoms with E-state index in [1.807, 2.05) is 0 Å². The van der Waals surface area contributed by atoms with Gasteiger partial charge in [0.25, 0.3) is 0 Å². The van der Waals surface area contributed by atoms with Gasteiger partial charge < -0.3 is 15.5 Å². The SMILES string of the molecule is CN1C=CN(CCCCN)C1.Cl. The number of nitrogens with zero attached hydrogens (tertiary/aromatic N) is 2. The van der Waals surface area contributed by atoms with E-state index >= 15 is 0 Å².